The highest BCUT2D eigenvalue weighted by atomic mass is 16.5. The molecule has 1 saturated heterocycles. The van der Waals surface area contributed by atoms with Crippen molar-refractivity contribution < 1.29 is 14.4 Å². The summed E-state index contributed by atoms with van der Waals surface area (Å²) in [7, 11) is 0. The van der Waals surface area contributed by atoms with Gasteiger partial charge in [-0.2, -0.15) is 0 Å². The van der Waals surface area contributed by atoms with Crippen molar-refractivity contribution in [3.63, 3.8) is 0 Å². The average molecular weight is 279 g/mol. The maximum absolute atomic E-state index is 12.4. The Hall–Kier alpha value is -1.40. The van der Waals surface area contributed by atoms with Crippen molar-refractivity contribution in [3.05, 3.63) is 17.5 Å². The Labute approximate surface area is 118 Å². The predicted molar refractivity (Wildman–Crippen MR) is 72.5 cm³/mol. The first-order valence-corrected chi connectivity index (χ1v) is 7.37. The molecule has 1 aliphatic carbocycles. The largest absolute Gasteiger partial charge is 0.395 e. The second-order valence-corrected chi connectivity index (χ2v) is 5.60. The number of hydrogen-bond donors (Lipinski definition) is 1. The van der Waals surface area contributed by atoms with E-state index >= 15 is 0 Å². The maximum atomic E-state index is 12.4. The summed E-state index contributed by atoms with van der Waals surface area (Å²) in [6, 6.07) is 1.80. The minimum Gasteiger partial charge on any atom is -0.395 e. The van der Waals surface area contributed by atoms with Crippen LogP contribution in [-0.2, 0) is 0 Å². The molecule has 1 N–H and O–H groups in total. The third-order valence-electron chi connectivity index (χ3n) is 4.02. The molecule has 20 heavy (non-hydrogen) atoms. The van der Waals surface area contributed by atoms with Crippen molar-refractivity contribution in [1.82, 2.24) is 15.0 Å². The number of aromatic nitrogens is 1. The van der Waals surface area contributed by atoms with Crippen LogP contribution in [0, 0.1) is 0 Å². The molecule has 1 saturated carbocycles. The van der Waals surface area contributed by atoms with Crippen molar-refractivity contribution in [1.29, 1.82) is 0 Å². The highest BCUT2D eigenvalue weighted by Gasteiger charge is 2.30. The van der Waals surface area contributed by atoms with Crippen molar-refractivity contribution in [2.24, 2.45) is 0 Å². The lowest BCUT2D eigenvalue weighted by Gasteiger charge is -2.20. The number of carbonyl (C=O) groups excluding carboxylic acids is 1. The molecule has 110 valence electrons. The first-order valence-electron chi connectivity index (χ1n) is 7.37. The quantitative estimate of drug-likeness (QED) is 0.878. The summed E-state index contributed by atoms with van der Waals surface area (Å²) < 4.78 is 5.25. The zero-order chi connectivity index (χ0) is 13.9. The van der Waals surface area contributed by atoms with Gasteiger partial charge in [-0.25, -0.2) is 0 Å². The summed E-state index contributed by atoms with van der Waals surface area (Å²) in [5.74, 6) is 1.30. The topological polar surface area (TPSA) is 69.8 Å². The number of β-amino-alcohol motifs (C(OH)–C–C–N with tert-alkyl or cyclic N) is 1. The summed E-state index contributed by atoms with van der Waals surface area (Å²) in [5, 5.41) is 12.9. The third-order valence-corrected chi connectivity index (χ3v) is 4.02. The van der Waals surface area contributed by atoms with E-state index in [0.717, 1.165) is 44.7 Å². The molecule has 0 spiro atoms. The first kappa shape index (κ1) is 13.6. The maximum Gasteiger partial charge on any atom is 0.276 e. The fourth-order valence-electron chi connectivity index (χ4n) is 2.65. The first-order chi connectivity index (χ1) is 9.78. The Morgan fingerprint density at radius 1 is 1.35 bits per heavy atom. The number of aliphatic hydroxyl groups excluding tert-OH is 1. The van der Waals surface area contributed by atoms with Gasteiger partial charge in [-0.1, -0.05) is 5.16 Å². The van der Waals surface area contributed by atoms with E-state index < -0.39 is 0 Å². The van der Waals surface area contributed by atoms with E-state index in [4.69, 9.17) is 9.63 Å². The number of hydrogen-bond acceptors (Lipinski definition) is 5. The van der Waals surface area contributed by atoms with Crippen molar-refractivity contribution in [3.8, 4) is 0 Å². The minimum absolute atomic E-state index is 0.0356. The molecule has 1 aromatic rings. The van der Waals surface area contributed by atoms with Gasteiger partial charge in [0.1, 0.15) is 5.76 Å². The van der Waals surface area contributed by atoms with Crippen LogP contribution in [0.2, 0.25) is 0 Å². The van der Waals surface area contributed by atoms with Gasteiger partial charge >= 0.3 is 0 Å². The number of rotatable bonds is 4. The normalized spacial score (nSPS) is 20.9. The molecule has 0 unspecified atom stereocenters. The monoisotopic (exact) mass is 279 g/mol. The van der Waals surface area contributed by atoms with Gasteiger partial charge in [0, 0.05) is 38.2 Å². The molecule has 0 radical (unpaired) electrons. The summed E-state index contributed by atoms with van der Waals surface area (Å²) in [4.78, 5) is 16.4. The van der Waals surface area contributed by atoms with Gasteiger partial charge in [0.05, 0.1) is 6.61 Å². The second kappa shape index (κ2) is 5.93. The molecule has 1 aromatic heterocycles. The number of carbonyl (C=O) groups is 1. The number of nitrogens with zero attached hydrogens (tertiary/aromatic N) is 3. The lowest BCUT2D eigenvalue weighted by Crippen LogP contribution is -2.36. The van der Waals surface area contributed by atoms with Crippen LogP contribution in [0.25, 0.3) is 0 Å². The molecule has 2 heterocycles. The van der Waals surface area contributed by atoms with Gasteiger partial charge in [0.15, 0.2) is 5.69 Å². The zero-order valence-corrected chi connectivity index (χ0v) is 11.6. The van der Waals surface area contributed by atoms with E-state index in [9.17, 15) is 4.79 Å². The molecule has 6 nitrogen and oxygen atoms in total. The number of amides is 1. The molecule has 1 amide bonds. The Bertz CT molecular complexity index is 470. The Morgan fingerprint density at radius 2 is 2.20 bits per heavy atom. The third kappa shape index (κ3) is 3.02. The van der Waals surface area contributed by atoms with Crippen LogP contribution in [-0.4, -0.2) is 65.3 Å². The smallest absolute Gasteiger partial charge is 0.276 e. The lowest BCUT2D eigenvalue weighted by molar-refractivity contribution is 0.0750. The molecule has 3 rings (SSSR count). The SMILES string of the molecule is O=C(c1cc(C2CC2)on1)N1CCCN(CCO)CC1. The second-order valence-electron chi connectivity index (χ2n) is 5.60. The molecular formula is C14H21N3O3. The van der Waals surface area contributed by atoms with Crippen molar-refractivity contribution in [2.45, 2.75) is 25.2 Å². The van der Waals surface area contributed by atoms with Crippen LogP contribution < -0.4 is 0 Å². The van der Waals surface area contributed by atoms with E-state index in [-0.39, 0.29) is 12.5 Å². The van der Waals surface area contributed by atoms with Gasteiger partial charge in [-0.3, -0.25) is 9.69 Å². The van der Waals surface area contributed by atoms with E-state index in [1.165, 1.54) is 0 Å². The molecule has 0 bridgehead atoms. The average Bonchev–Trinajstić information content (AvgIpc) is 3.23. The van der Waals surface area contributed by atoms with Gasteiger partial charge in [0.25, 0.3) is 5.91 Å². The summed E-state index contributed by atoms with van der Waals surface area (Å²) in [5.41, 5.74) is 0.433. The molecule has 1 aliphatic heterocycles. The summed E-state index contributed by atoms with van der Waals surface area (Å²) in [6.45, 7) is 4.01. The van der Waals surface area contributed by atoms with Gasteiger partial charge in [-0.15, -0.1) is 0 Å². The van der Waals surface area contributed by atoms with Crippen molar-refractivity contribution in [2.75, 3.05) is 39.3 Å². The minimum atomic E-state index is -0.0356. The van der Waals surface area contributed by atoms with Gasteiger partial charge in [0.2, 0.25) is 0 Å². The highest BCUT2D eigenvalue weighted by molar-refractivity contribution is 5.92. The molecule has 2 aliphatic rings. The van der Waals surface area contributed by atoms with Crippen LogP contribution in [0.1, 0.15) is 41.4 Å². The van der Waals surface area contributed by atoms with Crippen LogP contribution >= 0.6 is 0 Å². The highest BCUT2D eigenvalue weighted by Crippen LogP contribution is 2.40. The summed E-state index contributed by atoms with van der Waals surface area (Å²) in [6.07, 6.45) is 3.21. The lowest BCUT2D eigenvalue weighted by atomic mass is 10.2. The Kier molecular flexibility index (Phi) is 4.03. The van der Waals surface area contributed by atoms with Gasteiger partial charge in [-0.05, 0) is 25.8 Å². The zero-order valence-electron chi connectivity index (χ0n) is 11.6. The Morgan fingerprint density at radius 3 is 2.95 bits per heavy atom. The Balaban J connectivity index is 1.60. The molecule has 6 heteroatoms. The molecule has 0 atom stereocenters. The molecule has 2 fully saturated rings. The van der Waals surface area contributed by atoms with E-state index in [2.05, 4.69) is 10.1 Å². The van der Waals surface area contributed by atoms with E-state index in [1.807, 2.05) is 4.90 Å². The van der Waals surface area contributed by atoms with Crippen LogP contribution in [0.4, 0.5) is 0 Å². The fraction of sp³-hybridized carbons (Fsp3) is 0.714. The number of aliphatic hydroxyl groups is 1. The molecular weight excluding hydrogens is 258 g/mol. The van der Waals surface area contributed by atoms with Crippen LogP contribution in [0.3, 0.4) is 0 Å². The van der Waals surface area contributed by atoms with Gasteiger partial charge < -0.3 is 14.5 Å². The predicted octanol–water partition coefficient (Wildman–Crippen LogP) is 0.692. The summed E-state index contributed by atoms with van der Waals surface area (Å²) >= 11 is 0. The van der Waals surface area contributed by atoms with E-state index in [1.54, 1.807) is 6.07 Å². The van der Waals surface area contributed by atoms with Crippen LogP contribution in [0.5, 0.6) is 0 Å². The standard InChI is InChI=1S/C14H21N3O3/c18-9-8-16-4-1-5-17(7-6-16)14(19)12-10-13(20-15-12)11-2-3-11/h10-11,18H,1-9H2. The van der Waals surface area contributed by atoms with E-state index in [0.29, 0.717) is 24.7 Å². The van der Waals surface area contributed by atoms with Crippen molar-refractivity contribution >= 4 is 5.91 Å². The van der Waals surface area contributed by atoms with Crippen LogP contribution in [0.15, 0.2) is 10.6 Å². The molecule has 0 aromatic carbocycles. The fourth-order valence-corrected chi connectivity index (χ4v) is 2.65.